The lowest BCUT2D eigenvalue weighted by atomic mass is 9.96. The van der Waals surface area contributed by atoms with E-state index in [0.717, 1.165) is 0 Å². The zero-order chi connectivity index (χ0) is 23.0. The Bertz CT molecular complexity index is 496. The second-order valence-corrected chi connectivity index (χ2v) is 7.33. The van der Waals surface area contributed by atoms with Crippen LogP contribution in [-0.4, -0.2) is 132 Å². The standard InChI is InChI=1S/C20H38O11/c1-21-9-11-13(23-3)15(24-4)18(27-7)20(30-11)31-14-12(10-22-2)29-19(28-8)17(26-6)16(14)25-5/h11-20H,9-10H2,1-8H3/t11?,12?,13?,14-,15?,16?,17?,18?,19?,20+/m1/s1. The predicted molar refractivity (Wildman–Crippen MR) is 107 cm³/mol. The second kappa shape index (κ2) is 13.3. The van der Waals surface area contributed by atoms with E-state index in [1.807, 2.05) is 0 Å². The highest BCUT2D eigenvalue weighted by atomic mass is 16.8. The van der Waals surface area contributed by atoms with Gasteiger partial charge in [0.15, 0.2) is 12.6 Å². The van der Waals surface area contributed by atoms with Crippen molar-refractivity contribution >= 4 is 0 Å². The quantitative estimate of drug-likeness (QED) is 0.393. The summed E-state index contributed by atoms with van der Waals surface area (Å²) < 4.78 is 63.2. The third kappa shape index (κ3) is 5.92. The van der Waals surface area contributed by atoms with Gasteiger partial charge in [-0.25, -0.2) is 0 Å². The van der Waals surface area contributed by atoms with Crippen LogP contribution in [0.3, 0.4) is 0 Å². The highest BCUT2D eigenvalue weighted by Crippen LogP contribution is 2.33. The van der Waals surface area contributed by atoms with Gasteiger partial charge in [-0.2, -0.15) is 0 Å². The van der Waals surface area contributed by atoms with Crippen molar-refractivity contribution in [1.29, 1.82) is 0 Å². The average molecular weight is 455 g/mol. The molecule has 2 aliphatic heterocycles. The molecule has 0 N–H and O–H groups in total. The van der Waals surface area contributed by atoms with Gasteiger partial charge in [-0.3, -0.25) is 0 Å². The van der Waals surface area contributed by atoms with Gasteiger partial charge in [-0.15, -0.1) is 0 Å². The van der Waals surface area contributed by atoms with Crippen LogP contribution in [0.25, 0.3) is 0 Å². The van der Waals surface area contributed by atoms with Crippen LogP contribution >= 0.6 is 0 Å². The lowest BCUT2D eigenvalue weighted by Gasteiger charge is -2.49. The molecular weight excluding hydrogens is 416 g/mol. The third-order valence-corrected chi connectivity index (χ3v) is 5.73. The van der Waals surface area contributed by atoms with Crippen molar-refractivity contribution in [2.45, 2.75) is 61.4 Å². The van der Waals surface area contributed by atoms with Crippen molar-refractivity contribution in [2.24, 2.45) is 0 Å². The molecule has 2 aliphatic rings. The van der Waals surface area contributed by atoms with E-state index < -0.39 is 61.4 Å². The zero-order valence-corrected chi connectivity index (χ0v) is 19.7. The average Bonchev–Trinajstić information content (AvgIpc) is 2.79. The van der Waals surface area contributed by atoms with E-state index in [-0.39, 0.29) is 13.2 Å². The summed E-state index contributed by atoms with van der Waals surface area (Å²) in [7, 11) is 12.6. The molecule has 0 radical (unpaired) electrons. The Balaban J connectivity index is 2.32. The smallest absolute Gasteiger partial charge is 0.187 e. The van der Waals surface area contributed by atoms with Crippen LogP contribution in [0.4, 0.5) is 0 Å². The van der Waals surface area contributed by atoms with Crippen LogP contribution in [0.2, 0.25) is 0 Å². The minimum atomic E-state index is -0.816. The maximum absolute atomic E-state index is 6.43. The number of ether oxygens (including phenoxy) is 11. The van der Waals surface area contributed by atoms with Gasteiger partial charge in [0.25, 0.3) is 0 Å². The summed E-state index contributed by atoms with van der Waals surface area (Å²) >= 11 is 0. The molecule has 11 heteroatoms. The highest BCUT2D eigenvalue weighted by Gasteiger charge is 2.53. The number of methoxy groups -OCH3 is 8. The first-order valence-electron chi connectivity index (χ1n) is 10.2. The van der Waals surface area contributed by atoms with E-state index in [1.165, 1.54) is 0 Å². The fourth-order valence-electron chi connectivity index (χ4n) is 4.29. The Morgan fingerprint density at radius 1 is 0.452 bits per heavy atom. The number of hydrogen-bond donors (Lipinski definition) is 0. The minimum Gasteiger partial charge on any atom is -0.382 e. The highest BCUT2D eigenvalue weighted by molar-refractivity contribution is 4.96. The lowest BCUT2D eigenvalue weighted by molar-refractivity contribution is -0.365. The van der Waals surface area contributed by atoms with Crippen LogP contribution in [0, 0.1) is 0 Å². The summed E-state index contributed by atoms with van der Waals surface area (Å²) in [6.07, 6.45) is -5.50. The summed E-state index contributed by atoms with van der Waals surface area (Å²) in [5.74, 6) is 0. The molecule has 0 aromatic heterocycles. The van der Waals surface area contributed by atoms with Gasteiger partial charge in [-0.1, -0.05) is 0 Å². The zero-order valence-electron chi connectivity index (χ0n) is 19.7. The molecule has 0 aromatic carbocycles. The summed E-state index contributed by atoms with van der Waals surface area (Å²) in [6, 6.07) is 0. The Kier molecular flexibility index (Phi) is 11.5. The first-order chi connectivity index (χ1) is 15.0. The summed E-state index contributed by atoms with van der Waals surface area (Å²) in [5.41, 5.74) is 0. The number of rotatable bonds is 12. The Hall–Kier alpha value is -0.440. The molecule has 0 aromatic rings. The van der Waals surface area contributed by atoms with Crippen molar-refractivity contribution < 1.29 is 52.1 Å². The summed E-state index contributed by atoms with van der Waals surface area (Å²) in [6.45, 7) is 0.540. The maximum Gasteiger partial charge on any atom is 0.187 e. The molecule has 2 heterocycles. The molecule has 0 amide bonds. The summed E-state index contributed by atoms with van der Waals surface area (Å²) in [5, 5.41) is 0. The van der Waals surface area contributed by atoms with Gasteiger partial charge in [0.05, 0.1) is 13.2 Å². The van der Waals surface area contributed by atoms with Gasteiger partial charge in [0, 0.05) is 56.9 Å². The largest absolute Gasteiger partial charge is 0.382 e. The molecule has 2 saturated heterocycles. The van der Waals surface area contributed by atoms with Gasteiger partial charge in [0.2, 0.25) is 0 Å². The Morgan fingerprint density at radius 3 is 1.32 bits per heavy atom. The Morgan fingerprint density at radius 2 is 0.871 bits per heavy atom. The van der Waals surface area contributed by atoms with E-state index in [0.29, 0.717) is 0 Å². The van der Waals surface area contributed by atoms with Crippen LogP contribution in [-0.2, 0) is 52.1 Å². The third-order valence-electron chi connectivity index (χ3n) is 5.73. The second-order valence-electron chi connectivity index (χ2n) is 7.33. The van der Waals surface area contributed by atoms with E-state index in [1.54, 1.807) is 56.9 Å². The van der Waals surface area contributed by atoms with Gasteiger partial charge < -0.3 is 52.1 Å². The van der Waals surface area contributed by atoms with E-state index in [4.69, 9.17) is 52.1 Å². The van der Waals surface area contributed by atoms with Gasteiger partial charge >= 0.3 is 0 Å². The molecule has 0 saturated carbocycles. The molecule has 31 heavy (non-hydrogen) atoms. The first kappa shape index (κ1) is 26.8. The molecule has 0 aliphatic carbocycles. The summed E-state index contributed by atoms with van der Waals surface area (Å²) in [4.78, 5) is 0. The maximum atomic E-state index is 6.43. The first-order valence-corrected chi connectivity index (χ1v) is 10.2. The fourth-order valence-corrected chi connectivity index (χ4v) is 4.29. The lowest BCUT2D eigenvalue weighted by Crippen LogP contribution is -2.66. The minimum absolute atomic E-state index is 0.251. The van der Waals surface area contributed by atoms with Gasteiger partial charge in [-0.05, 0) is 0 Å². The molecule has 11 nitrogen and oxygen atoms in total. The monoisotopic (exact) mass is 454 g/mol. The molecule has 8 unspecified atom stereocenters. The van der Waals surface area contributed by atoms with Crippen molar-refractivity contribution in [3.05, 3.63) is 0 Å². The van der Waals surface area contributed by atoms with Crippen molar-refractivity contribution in [2.75, 3.05) is 70.1 Å². The molecule has 184 valence electrons. The van der Waals surface area contributed by atoms with Gasteiger partial charge in [0.1, 0.15) is 48.8 Å². The van der Waals surface area contributed by atoms with Crippen molar-refractivity contribution in [3.63, 3.8) is 0 Å². The van der Waals surface area contributed by atoms with Crippen LogP contribution in [0.15, 0.2) is 0 Å². The van der Waals surface area contributed by atoms with E-state index in [9.17, 15) is 0 Å². The normalized spacial score (nSPS) is 41.4. The molecular formula is C20H38O11. The van der Waals surface area contributed by atoms with Crippen LogP contribution < -0.4 is 0 Å². The van der Waals surface area contributed by atoms with E-state index in [2.05, 4.69) is 0 Å². The molecule has 0 bridgehead atoms. The SMILES string of the molecule is COCC1O[C@@H](O[C@@H]2C(COC)OC(OC)C(OC)C2OC)C(OC)C(OC)C1OC. The topological polar surface area (TPSA) is 102 Å². The molecule has 10 atom stereocenters. The van der Waals surface area contributed by atoms with Crippen molar-refractivity contribution in [1.82, 2.24) is 0 Å². The predicted octanol–water partition coefficient (Wildman–Crippen LogP) is -0.164. The molecule has 0 spiro atoms. The van der Waals surface area contributed by atoms with Crippen LogP contribution in [0.1, 0.15) is 0 Å². The molecule has 2 fully saturated rings. The fraction of sp³-hybridized carbons (Fsp3) is 1.00. The molecule has 2 rings (SSSR count). The Labute approximate surface area is 184 Å². The number of hydrogen-bond acceptors (Lipinski definition) is 11. The van der Waals surface area contributed by atoms with E-state index >= 15 is 0 Å². The van der Waals surface area contributed by atoms with Crippen molar-refractivity contribution in [3.8, 4) is 0 Å². The van der Waals surface area contributed by atoms with Crippen LogP contribution in [0.5, 0.6) is 0 Å².